The van der Waals surface area contributed by atoms with Crippen molar-refractivity contribution in [3.63, 3.8) is 0 Å². The van der Waals surface area contributed by atoms with Gasteiger partial charge in [-0.25, -0.2) is 0 Å². The van der Waals surface area contributed by atoms with Crippen molar-refractivity contribution in [3.05, 3.63) is 0 Å². The van der Waals surface area contributed by atoms with E-state index in [-0.39, 0.29) is 35.3 Å². The zero-order valence-electron chi connectivity index (χ0n) is 16.8. The van der Waals surface area contributed by atoms with Crippen molar-refractivity contribution in [1.29, 1.82) is 0 Å². The first kappa shape index (κ1) is 29.1. The van der Waals surface area contributed by atoms with Crippen LogP contribution in [0.25, 0.3) is 0 Å². The first-order chi connectivity index (χ1) is 12.1. The summed E-state index contributed by atoms with van der Waals surface area (Å²) in [4.78, 5) is 0. The van der Waals surface area contributed by atoms with E-state index in [2.05, 4.69) is 6.92 Å². The van der Waals surface area contributed by atoms with E-state index < -0.39 is 10.1 Å². The molecule has 0 aromatic heterocycles. The van der Waals surface area contributed by atoms with Gasteiger partial charge in [0.15, 0.2) is 0 Å². The van der Waals surface area contributed by atoms with Gasteiger partial charge in [-0.2, -0.15) is 8.42 Å². The summed E-state index contributed by atoms with van der Waals surface area (Å²) in [6.45, 7) is 2.27. The van der Waals surface area contributed by atoms with Crippen LogP contribution in [0, 0.1) is 0 Å². The molecular formula is C21H45NaO3S. The summed E-state index contributed by atoms with van der Waals surface area (Å²) in [6, 6.07) is 0. The Morgan fingerprint density at radius 1 is 0.500 bits per heavy atom. The van der Waals surface area contributed by atoms with Crippen LogP contribution in [-0.4, -0.2) is 48.3 Å². The Hall–Kier alpha value is 0.910. The molecule has 0 aliphatic heterocycles. The van der Waals surface area contributed by atoms with Crippen molar-refractivity contribution in [2.75, 3.05) is 5.75 Å². The van der Waals surface area contributed by atoms with Gasteiger partial charge in [-0.3, -0.25) is 4.55 Å². The molecule has 0 fully saturated rings. The summed E-state index contributed by atoms with van der Waals surface area (Å²) in [5.41, 5.74) is 0. The summed E-state index contributed by atoms with van der Waals surface area (Å²) in [5.74, 6) is -0.0775. The van der Waals surface area contributed by atoms with Gasteiger partial charge in [-0.05, 0) is 6.42 Å². The van der Waals surface area contributed by atoms with Crippen LogP contribution in [0.5, 0.6) is 0 Å². The molecule has 0 radical (unpaired) electrons. The third kappa shape index (κ3) is 27.1. The molecule has 1 N–H and O–H groups in total. The zero-order valence-corrected chi connectivity index (χ0v) is 17.6. The average molecular weight is 401 g/mol. The Morgan fingerprint density at radius 3 is 0.962 bits per heavy atom. The van der Waals surface area contributed by atoms with E-state index >= 15 is 0 Å². The summed E-state index contributed by atoms with van der Waals surface area (Å²) >= 11 is 0. The van der Waals surface area contributed by atoms with Crippen LogP contribution in [0.2, 0.25) is 0 Å². The molecule has 0 atom stereocenters. The van der Waals surface area contributed by atoms with Crippen LogP contribution >= 0.6 is 0 Å². The van der Waals surface area contributed by atoms with Crippen LogP contribution in [0.3, 0.4) is 0 Å². The van der Waals surface area contributed by atoms with E-state index in [1.807, 2.05) is 0 Å². The number of unbranched alkanes of at least 4 members (excludes halogenated alkanes) is 18. The second-order valence-corrected chi connectivity index (χ2v) is 9.22. The quantitative estimate of drug-likeness (QED) is 0.141. The summed E-state index contributed by atoms with van der Waals surface area (Å²) < 4.78 is 29.8. The van der Waals surface area contributed by atoms with Crippen molar-refractivity contribution >= 4 is 39.7 Å². The second kappa shape index (κ2) is 22.2. The second-order valence-electron chi connectivity index (χ2n) is 7.65. The van der Waals surface area contributed by atoms with Gasteiger partial charge in [0, 0.05) is 0 Å². The SMILES string of the molecule is CCCCCCCCCCCCCCCCCCCCCS(=O)(=O)O.[NaH]. The first-order valence-electron chi connectivity index (χ1n) is 11.0. The Balaban J connectivity index is 0. The van der Waals surface area contributed by atoms with E-state index in [4.69, 9.17) is 4.55 Å². The molecule has 154 valence electrons. The molecule has 0 aliphatic rings. The molecular weight excluding hydrogens is 355 g/mol. The molecule has 0 bridgehead atoms. The molecule has 0 unspecified atom stereocenters. The van der Waals surface area contributed by atoms with E-state index in [0.717, 1.165) is 12.8 Å². The predicted octanol–water partition coefficient (Wildman–Crippen LogP) is 6.66. The molecule has 5 heteroatoms. The van der Waals surface area contributed by atoms with Crippen LogP contribution < -0.4 is 0 Å². The first-order valence-corrected chi connectivity index (χ1v) is 12.6. The molecule has 0 spiro atoms. The maximum atomic E-state index is 10.6. The fraction of sp³-hybridized carbons (Fsp3) is 1.00. The van der Waals surface area contributed by atoms with Crippen LogP contribution in [0.1, 0.15) is 129 Å². The molecule has 0 saturated carbocycles. The Kier molecular flexibility index (Phi) is 24.9. The maximum absolute atomic E-state index is 10.6. The van der Waals surface area contributed by atoms with Gasteiger partial charge in [0.2, 0.25) is 0 Å². The van der Waals surface area contributed by atoms with Gasteiger partial charge < -0.3 is 0 Å². The summed E-state index contributed by atoms with van der Waals surface area (Å²) in [7, 11) is -3.75. The molecule has 0 aromatic carbocycles. The Labute approximate surface area is 186 Å². The number of hydrogen-bond donors (Lipinski definition) is 1. The fourth-order valence-electron chi connectivity index (χ4n) is 3.36. The van der Waals surface area contributed by atoms with Crippen LogP contribution in [0.4, 0.5) is 0 Å². The minimum atomic E-state index is -3.75. The predicted molar refractivity (Wildman–Crippen MR) is 117 cm³/mol. The molecule has 0 heterocycles. The molecule has 0 aromatic rings. The Morgan fingerprint density at radius 2 is 0.731 bits per heavy atom. The fourth-order valence-corrected chi connectivity index (χ4v) is 3.93. The van der Waals surface area contributed by atoms with Crippen LogP contribution in [0.15, 0.2) is 0 Å². The van der Waals surface area contributed by atoms with Gasteiger partial charge in [0.25, 0.3) is 10.1 Å². The van der Waals surface area contributed by atoms with Crippen molar-refractivity contribution in [2.24, 2.45) is 0 Å². The average Bonchev–Trinajstić information content (AvgIpc) is 2.56. The summed E-state index contributed by atoms with van der Waals surface area (Å²) in [6.07, 6.45) is 24.7. The van der Waals surface area contributed by atoms with E-state index in [9.17, 15) is 8.42 Å². The molecule has 0 saturated heterocycles. The van der Waals surface area contributed by atoms with E-state index in [1.54, 1.807) is 0 Å². The monoisotopic (exact) mass is 400 g/mol. The standard InChI is InChI=1S/C21H44O3S.Na.H/c1-2-3-4-5-6-7-8-9-10-11-12-13-14-15-16-17-18-19-20-21-25(22,23)24;;/h2-21H2,1H3,(H,22,23,24);;. The van der Waals surface area contributed by atoms with Crippen molar-refractivity contribution in [2.45, 2.75) is 129 Å². The number of hydrogen-bond acceptors (Lipinski definition) is 2. The third-order valence-electron chi connectivity index (χ3n) is 5.01. The zero-order chi connectivity index (χ0) is 18.6. The summed E-state index contributed by atoms with van der Waals surface area (Å²) in [5, 5.41) is 0. The van der Waals surface area contributed by atoms with Gasteiger partial charge in [0.1, 0.15) is 0 Å². The van der Waals surface area contributed by atoms with E-state index in [0.29, 0.717) is 6.42 Å². The molecule has 26 heavy (non-hydrogen) atoms. The molecule has 0 amide bonds. The Bertz CT molecular complexity index is 358. The van der Waals surface area contributed by atoms with Crippen molar-refractivity contribution in [3.8, 4) is 0 Å². The van der Waals surface area contributed by atoms with Crippen LogP contribution in [-0.2, 0) is 10.1 Å². The van der Waals surface area contributed by atoms with Gasteiger partial charge >= 0.3 is 29.6 Å². The topological polar surface area (TPSA) is 54.4 Å². The van der Waals surface area contributed by atoms with Crippen molar-refractivity contribution in [1.82, 2.24) is 0 Å². The number of rotatable bonds is 20. The van der Waals surface area contributed by atoms with E-state index in [1.165, 1.54) is 103 Å². The minimum absolute atomic E-state index is 0. The third-order valence-corrected chi connectivity index (χ3v) is 5.81. The van der Waals surface area contributed by atoms with Gasteiger partial charge in [-0.15, -0.1) is 0 Å². The molecule has 0 rings (SSSR count). The molecule has 3 nitrogen and oxygen atoms in total. The molecule has 0 aliphatic carbocycles. The van der Waals surface area contributed by atoms with Gasteiger partial charge in [0.05, 0.1) is 5.75 Å². The normalized spacial score (nSPS) is 11.5. The van der Waals surface area contributed by atoms with Crippen molar-refractivity contribution < 1.29 is 13.0 Å². The van der Waals surface area contributed by atoms with Gasteiger partial charge in [-0.1, -0.05) is 122 Å².